The highest BCUT2D eigenvalue weighted by molar-refractivity contribution is 5.45. The minimum Gasteiger partial charge on any atom is -0.398 e. The van der Waals surface area contributed by atoms with Crippen LogP contribution >= 0.6 is 0 Å². The first-order chi connectivity index (χ1) is 11.3. The Morgan fingerprint density at radius 1 is 0.783 bits per heavy atom. The number of rotatable bonds is 4. The normalized spacial score (nSPS) is 29.6. The van der Waals surface area contributed by atoms with Crippen molar-refractivity contribution in [2.24, 2.45) is 0 Å². The molecule has 0 amide bonds. The number of fused-ring (bicyclic) bond motifs is 2. The van der Waals surface area contributed by atoms with Crippen LogP contribution in [0.2, 0.25) is 0 Å². The highest BCUT2D eigenvalue weighted by atomic mass is 15.4. The fourth-order valence-corrected chi connectivity index (χ4v) is 5.08. The number of hydrogen-bond acceptors (Lipinski definition) is 1. The third-order valence-corrected chi connectivity index (χ3v) is 6.20. The average molecular weight is 307 g/mol. The number of para-hydroxylation sites is 1. The largest absolute Gasteiger partial charge is 0.398 e. The number of nitrogens with zero attached hydrogens (tertiary/aromatic N) is 1. The molecule has 2 aliphatic rings. The molecule has 0 aliphatic carbocycles. The van der Waals surface area contributed by atoms with Crippen LogP contribution in [0.25, 0.3) is 0 Å². The Kier molecular flexibility index (Phi) is 3.86. The van der Waals surface area contributed by atoms with Gasteiger partial charge in [-0.2, -0.15) is 0 Å². The summed E-state index contributed by atoms with van der Waals surface area (Å²) in [5, 5.41) is 0. The third-order valence-electron chi connectivity index (χ3n) is 6.20. The van der Waals surface area contributed by atoms with Gasteiger partial charge in [-0.25, -0.2) is 0 Å². The highest BCUT2D eigenvalue weighted by Crippen LogP contribution is 2.45. The van der Waals surface area contributed by atoms with Gasteiger partial charge in [0.2, 0.25) is 0 Å². The second kappa shape index (κ2) is 6.01. The Labute approximate surface area is 139 Å². The van der Waals surface area contributed by atoms with Gasteiger partial charge in [0.05, 0.1) is 12.1 Å². The topological polar surface area (TPSA) is 26.0 Å². The van der Waals surface area contributed by atoms with E-state index in [-0.39, 0.29) is 0 Å². The number of hydrogen-bond donors (Lipinski definition) is 1. The van der Waals surface area contributed by atoms with Crippen LogP contribution in [0.1, 0.15) is 43.2 Å². The van der Waals surface area contributed by atoms with Crippen LogP contribution in [-0.2, 0) is 13.1 Å². The minimum atomic E-state index is 0.813. The molecule has 120 valence electrons. The summed E-state index contributed by atoms with van der Waals surface area (Å²) in [5.41, 5.74) is 10.1. The number of piperidine rings is 1. The highest BCUT2D eigenvalue weighted by Gasteiger charge is 2.51. The molecule has 2 aromatic carbocycles. The molecule has 0 saturated carbocycles. The minimum absolute atomic E-state index is 0.813. The van der Waals surface area contributed by atoms with E-state index < -0.39 is 0 Å². The van der Waals surface area contributed by atoms with E-state index in [1.54, 1.807) is 0 Å². The van der Waals surface area contributed by atoms with Gasteiger partial charge in [0.15, 0.2) is 0 Å². The summed E-state index contributed by atoms with van der Waals surface area (Å²) in [6.45, 7) is 2.25. The lowest BCUT2D eigenvalue weighted by molar-refractivity contribution is -0.990. The molecule has 2 unspecified atom stereocenters. The molecule has 0 spiro atoms. The molecule has 2 heteroatoms. The second-order valence-corrected chi connectivity index (χ2v) is 7.42. The summed E-state index contributed by atoms with van der Waals surface area (Å²) in [4.78, 5) is 0. The molecule has 2 heterocycles. The van der Waals surface area contributed by atoms with Gasteiger partial charge in [-0.1, -0.05) is 48.5 Å². The van der Waals surface area contributed by atoms with Crippen LogP contribution in [0.15, 0.2) is 54.6 Å². The zero-order valence-electron chi connectivity index (χ0n) is 13.8. The van der Waals surface area contributed by atoms with E-state index in [0.717, 1.165) is 30.9 Å². The summed E-state index contributed by atoms with van der Waals surface area (Å²) >= 11 is 0. The molecule has 2 aliphatic heterocycles. The summed E-state index contributed by atoms with van der Waals surface area (Å²) in [5.74, 6) is 0. The summed E-state index contributed by atoms with van der Waals surface area (Å²) in [6, 6.07) is 21.2. The van der Waals surface area contributed by atoms with Crippen LogP contribution in [0.5, 0.6) is 0 Å². The predicted molar refractivity (Wildman–Crippen MR) is 95.6 cm³/mol. The lowest BCUT2D eigenvalue weighted by Gasteiger charge is -2.48. The van der Waals surface area contributed by atoms with Crippen molar-refractivity contribution in [1.29, 1.82) is 0 Å². The number of nitrogen functional groups attached to an aromatic ring is 1. The maximum absolute atomic E-state index is 6.29. The van der Waals surface area contributed by atoms with Gasteiger partial charge in [0, 0.05) is 29.7 Å². The standard InChI is InChI=1S/C21H27N2/c22-21-12-5-4-9-18(21)16-23(15-17-7-2-1-3-8-17)19-10-6-11-20(23)14-13-19/h1-5,7-9,12,19-20H,6,10-11,13-16,22H2/q+1. The maximum atomic E-state index is 6.29. The van der Waals surface area contributed by atoms with E-state index >= 15 is 0 Å². The van der Waals surface area contributed by atoms with E-state index in [9.17, 15) is 0 Å². The van der Waals surface area contributed by atoms with Gasteiger partial charge < -0.3 is 10.2 Å². The fraction of sp³-hybridized carbons (Fsp3) is 0.429. The van der Waals surface area contributed by atoms with Gasteiger partial charge >= 0.3 is 0 Å². The first-order valence-corrected chi connectivity index (χ1v) is 9.02. The third kappa shape index (κ3) is 2.66. The van der Waals surface area contributed by atoms with Gasteiger partial charge in [-0.05, 0) is 25.3 Å². The summed E-state index contributed by atoms with van der Waals surface area (Å²) < 4.78 is 1.23. The number of quaternary nitrogens is 1. The van der Waals surface area contributed by atoms with Crippen molar-refractivity contribution in [2.45, 2.75) is 57.3 Å². The first-order valence-electron chi connectivity index (χ1n) is 9.02. The average Bonchev–Trinajstić information content (AvgIpc) is 2.76. The molecule has 0 aromatic heterocycles. The molecule has 2 atom stereocenters. The van der Waals surface area contributed by atoms with Crippen molar-refractivity contribution in [3.05, 3.63) is 65.7 Å². The van der Waals surface area contributed by atoms with Gasteiger partial charge in [-0.3, -0.25) is 0 Å². The SMILES string of the molecule is Nc1ccccc1C[N+]1(Cc2ccccc2)C2CCCC1CC2. The monoisotopic (exact) mass is 307 g/mol. The molecule has 0 radical (unpaired) electrons. The molecule has 2 nitrogen and oxygen atoms in total. The number of anilines is 1. The molecule has 2 aromatic rings. The van der Waals surface area contributed by atoms with E-state index in [4.69, 9.17) is 5.73 Å². The molecule has 2 N–H and O–H groups in total. The Morgan fingerprint density at radius 3 is 2.13 bits per heavy atom. The van der Waals surface area contributed by atoms with Gasteiger partial charge in [0.1, 0.15) is 13.1 Å². The molecular formula is C21H27N2+. The van der Waals surface area contributed by atoms with Crippen LogP contribution in [0.4, 0.5) is 5.69 Å². The van der Waals surface area contributed by atoms with Crippen molar-refractivity contribution in [2.75, 3.05) is 5.73 Å². The quantitative estimate of drug-likeness (QED) is 0.653. The Balaban J connectivity index is 1.71. The van der Waals surface area contributed by atoms with Gasteiger partial charge in [-0.15, -0.1) is 0 Å². The van der Waals surface area contributed by atoms with E-state index in [1.165, 1.54) is 47.7 Å². The predicted octanol–water partition coefficient (Wildman–Crippen LogP) is 4.50. The summed E-state index contributed by atoms with van der Waals surface area (Å²) in [6.07, 6.45) is 6.97. The number of benzene rings is 2. The van der Waals surface area contributed by atoms with Crippen LogP contribution in [0.3, 0.4) is 0 Å². The molecule has 2 fully saturated rings. The molecule has 2 saturated heterocycles. The molecule has 4 rings (SSSR count). The second-order valence-electron chi connectivity index (χ2n) is 7.42. The van der Waals surface area contributed by atoms with Crippen molar-refractivity contribution < 1.29 is 4.48 Å². The van der Waals surface area contributed by atoms with E-state index in [1.807, 2.05) is 6.07 Å². The maximum Gasteiger partial charge on any atom is 0.107 e. The lowest BCUT2D eigenvalue weighted by Crippen LogP contribution is -2.57. The van der Waals surface area contributed by atoms with Gasteiger partial charge in [0.25, 0.3) is 0 Å². The van der Waals surface area contributed by atoms with Crippen molar-refractivity contribution in [3.8, 4) is 0 Å². The zero-order valence-corrected chi connectivity index (χ0v) is 13.8. The van der Waals surface area contributed by atoms with Crippen LogP contribution < -0.4 is 5.73 Å². The van der Waals surface area contributed by atoms with E-state index in [0.29, 0.717) is 0 Å². The van der Waals surface area contributed by atoms with Crippen molar-refractivity contribution >= 4 is 5.69 Å². The van der Waals surface area contributed by atoms with Crippen LogP contribution in [0, 0.1) is 0 Å². The van der Waals surface area contributed by atoms with E-state index in [2.05, 4.69) is 48.5 Å². The summed E-state index contributed by atoms with van der Waals surface area (Å²) in [7, 11) is 0. The first kappa shape index (κ1) is 14.8. The molecule has 2 bridgehead atoms. The molecular weight excluding hydrogens is 280 g/mol. The Bertz CT molecular complexity index is 649. The van der Waals surface area contributed by atoms with Crippen molar-refractivity contribution in [3.63, 3.8) is 0 Å². The fourth-order valence-electron chi connectivity index (χ4n) is 5.08. The van der Waals surface area contributed by atoms with Crippen molar-refractivity contribution in [1.82, 2.24) is 0 Å². The Hall–Kier alpha value is -1.80. The van der Waals surface area contributed by atoms with Crippen LogP contribution in [-0.4, -0.2) is 16.6 Å². The lowest BCUT2D eigenvalue weighted by atomic mass is 9.95. The zero-order chi connectivity index (χ0) is 15.7. The molecule has 23 heavy (non-hydrogen) atoms. The smallest absolute Gasteiger partial charge is 0.107 e. The Morgan fingerprint density at radius 2 is 1.43 bits per heavy atom. The number of nitrogens with two attached hydrogens (primary N) is 1.